The zero-order valence-electron chi connectivity index (χ0n) is 30.8. The Labute approximate surface area is 311 Å². The van der Waals surface area contributed by atoms with Crippen molar-refractivity contribution in [2.75, 3.05) is 33.9 Å². The Balaban J connectivity index is 1.11. The van der Waals surface area contributed by atoms with Crippen LogP contribution in [0.4, 0.5) is 14.0 Å². The van der Waals surface area contributed by atoms with E-state index in [4.69, 9.17) is 9.72 Å². The number of halogens is 1. The standard InChI is InChI=1S/C39H45FN8O6/c1-22(2)35(47-39(52)54-4)37(50)48-15-7-8-32(48)36-45-29-18-27(28(40)19-30(29)46-36)25-12-10-24-17-26(13-11-23(24)16-25)31-20-42-33(44-31)9-5-6-14-41-34(49)21-43-38(51)53-3/h10-13,16-20,22,32,35H,5-9,14-15,21H2,1-4H3,(H,41,49)(H,42,44)(H,43,51)(H,45,46)(H,47,52). The molecule has 54 heavy (non-hydrogen) atoms. The summed E-state index contributed by atoms with van der Waals surface area (Å²) in [6.45, 7) is 4.61. The van der Waals surface area contributed by atoms with Gasteiger partial charge in [0.1, 0.15) is 23.5 Å². The van der Waals surface area contributed by atoms with Crippen LogP contribution in [0.25, 0.3) is 44.2 Å². The molecule has 0 spiro atoms. The molecule has 6 rings (SSSR count). The molecule has 0 aliphatic carbocycles. The number of amides is 4. The molecule has 1 saturated heterocycles. The Kier molecular flexibility index (Phi) is 11.7. The minimum atomic E-state index is -0.748. The van der Waals surface area contributed by atoms with Crippen LogP contribution in [0.2, 0.25) is 0 Å². The number of nitrogens with zero attached hydrogens (tertiary/aromatic N) is 3. The number of H-pyrrole nitrogens is 2. The molecule has 2 unspecified atom stereocenters. The second-order valence-corrected chi connectivity index (χ2v) is 13.7. The number of alkyl carbamates (subject to hydrolysis) is 2. The predicted molar refractivity (Wildman–Crippen MR) is 201 cm³/mol. The Morgan fingerprint density at radius 2 is 1.69 bits per heavy atom. The Hall–Kier alpha value is -5.99. The van der Waals surface area contributed by atoms with Gasteiger partial charge in [-0.1, -0.05) is 38.1 Å². The van der Waals surface area contributed by atoms with E-state index in [1.807, 2.05) is 44.2 Å². The molecule has 2 aromatic heterocycles. The molecule has 3 aromatic carbocycles. The largest absolute Gasteiger partial charge is 0.453 e. The molecule has 3 heterocycles. The summed E-state index contributed by atoms with van der Waals surface area (Å²) in [5.74, 6) is 0.390. The summed E-state index contributed by atoms with van der Waals surface area (Å²) in [7, 11) is 2.50. The Bertz CT molecular complexity index is 2160. The van der Waals surface area contributed by atoms with Crippen molar-refractivity contribution in [3.63, 3.8) is 0 Å². The fourth-order valence-corrected chi connectivity index (χ4v) is 6.77. The third-order valence-corrected chi connectivity index (χ3v) is 9.66. The van der Waals surface area contributed by atoms with Crippen molar-refractivity contribution in [2.24, 2.45) is 5.92 Å². The molecule has 1 fully saturated rings. The van der Waals surface area contributed by atoms with E-state index >= 15 is 4.39 Å². The van der Waals surface area contributed by atoms with E-state index in [9.17, 15) is 19.2 Å². The SMILES string of the molecule is COC(=O)NCC(=O)NCCCCc1ncc(-c2ccc3cc(-c4cc5nc(C6CCCN6C(=O)C(NC(=O)OC)C(C)C)[nH]c5cc4F)ccc3c2)[nH]1. The third kappa shape index (κ3) is 8.62. The summed E-state index contributed by atoms with van der Waals surface area (Å²) in [5, 5.41) is 9.70. The molecular formula is C39H45FN8O6. The normalized spacial score (nSPS) is 14.7. The van der Waals surface area contributed by atoms with Gasteiger partial charge < -0.3 is 40.3 Å². The lowest BCUT2D eigenvalue weighted by atomic mass is 9.98. The average Bonchev–Trinajstić information content (AvgIpc) is 3.95. The van der Waals surface area contributed by atoms with Gasteiger partial charge in [-0.05, 0) is 66.1 Å². The van der Waals surface area contributed by atoms with Crippen molar-refractivity contribution in [1.29, 1.82) is 0 Å². The number of unbranched alkanes of at least 4 members (excludes halogenated alkanes) is 1. The highest BCUT2D eigenvalue weighted by Gasteiger charge is 2.37. The molecule has 0 bridgehead atoms. The monoisotopic (exact) mass is 740 g/mol. The van der Waals surface area contributed by atoms with Crippen molar-refractivity contribution in [2.45, 2.75) is 58.0 Å². The maximum absolute atomic E-state index is 15.7. The molecular weight excluding hydrogens is 695 g/mol. The number of fused-ring (bicyclic) bond motifs is 2. The number of aromatic nitrogens is 4. The summed E-state index contributed by atoms with van der Waals surface area (Å²) in [6.07, 6.45) is 4.24. The number of carbonyl (C=O) groups excluding carboxylic acids is 4. The molecule has 2 atom stereocenters. The zero-order valence-corrected chi connectivity index (χ0v) is 30.8. The maximum Gasteiger partial charge on any atom is 0.407 e. The lowest BCUT2D eigenvalue weighted by Gasteiger charge is -2.29. The molecule has 14 nitrogen and oxygen atoms in total. The van der Waals surface area contributed by atoms with Crippen LogP contribution in [0, 0.1) is 11.7 Å². The molecule has 0 radical (unpaired) electrons. The number of aromatic amines is 2. The highest BCUT2D eigenvalue weighted by atomic mass is 19.1. The number of aryl methyl sites for hydroxylation is 1. The van der Waals surface area contributed by atoms with E-state index in [1.165, 1.54) is 20.3 Å². The second-order valence-electron chi connectivity index (χ2n) is 13.7. The van der Waals surface area contributed by atoms with Gasteiger partial charge in [0.15, 0.2) is 0 Å². The van der Waals surface area contributed by atoms with Crippen LogP contribution in [-0.2, 0) is 25.5 Å². The summed E-state index contributed by atoms with van der Waals surface area (Å²) in [6, 6.07) is 14.0. The molecule has 0 saturated carbocycles. The number of hydrogen-bond acceptors (Lipinski definition) is 8. The first-order valence-corrected chi connectivity index (χ1v) is 18.1. The first kappa shape index (κ1) is 37.8. The van der Waals surface area contributed by atoms with Crippen molar-refractivity contribution < 1.29 is 33.0 Å². The quantitative estimate of drug-likeness (QED) is 0.0946. The van der Waals surface area contributed by atoms with Crippen LogP contribution >= 0.6 is 0 Å². The van der Waals surface area contributed by atoms with E-state index < -0.39 is 24.0 Å². The number of likely N-dealkylation sites (tertiary alicyclic amines) is 1. The lowest BCUT2D eigenvalue weighted by Crippen LogP contribution is -2.51. The first-order chi connectivity index (χ1) is 26.0. The average molecular weight is 741 g/mol. The number of nitrogens with one attached hydrogen (secondary N) is 5. The van der Waals surface area contributed by atoms with Gasteiger partial charge in [0, 0.05) is 36.7 Å². The van der Waals surface area contributed by atoms with Crippen molar-refractivity contribution in [3.8, 4) is 22.4 Å². The van der Waals surface area contributed by atoms with Crippen LogP contribution in [0.1, 0.15) is 57.2 Å². The number of methoxy groups -OCH3 is 2. The fraction of sp³-hybridized carbons (Fsp3) is 0.385. The molecule has 15 heteroatoms. The van der Waals surface area contributed by atoms with Gasteiger partial charge in [-0.25, -0.2) is 23.9 Å². The molecule has 1 aliphatic heterocycles. The number of ether oxygens (including phenoxy) is 2. The van der Waals surface area contributed by atoms with Crippen LogP contribution in [-0.4, -0.2) is 88.7 Å². The van der Waals surface area contributed by atoms with Gasteiger partial charge in [0.25, 0.3) is 0 Å². The minimum absolute atomic E-state index is 0.134. The van der Waals surface area contributed by atoms with Gasteiger partial charge in [-0.15, -0.1) is 0 Å². The van der Waals surface area contributed by atoms with Gasteiger partial charge >= 0.3 is 12.2 Å². The number of imidazole rings is 2. The number of benzene rings is 3. The summed E-state index contributed by atoms with van der Waals surface area (Å²) in [4.78, 5) is 66.1. The number of hydrogen-bond donors (Lipinski definition) is 5. The van der Waals surface area contributed by atoms with E-state index in [1.54, 1.807) is 17.2 Å². The maximum atomic E-state index is 15.7. The number of carbonyl (C=O) groups is 4. The zero-order chi connectivity index (χ0) is 38.4. The van der Waals surface area contributed by atoms with Crippen LogP contribution in [0.15, 0.2) is 54.7 Å². The smallest absolute Gasteiger partial charge is 0.407 e. The molecule has 1 aliphatic rings. The van der Waals surface area contributed by atoms with E-state index in [-0.39, 0.29) is 30.3 Å². The topological polar surface area (TPSA) is 183 Å². The predicted octanol–water partition coefficient (Wildman–Crippen LogP) is 5.75. The van der Waals surface area contributed by atoms with E-state index in [0.29, 0.717) is 53.9 Å². The van der Waals surface area contributed by atoms with Gasteiger partial charge in [-0.3, -0.25) is 9.59 Å². The van der Waals surface area contributed by atoms with Gasteiger partial charge in [0.2, 0.25) is 11.8 Å². The van der Waals surface area contributed by atoms with Crippen LogP contribution < -0.4 is 16.0 Å². The van der Waals surface area contributed by atoms with Crippen molar-refractivity contribution >= 4 is 45.8 Å². The summed E-state index contributed by atoms with van der Waals surface area (Å²) < 4.78 is 24.8. The fourth-order valence-electron chi connectivity index (χ4n) is 6.77. The van der Waals surface area contributed by atoms with Crippen molar-refractivity contribution in [1.82, 2.24) is 40.8 Å². The van der Waals surface area contributed by atoms with Crippen LogP contribution in [0.5, 0.6) is 0 Å². The highest BCUT2D eigenvalue weighted by molar-refractivity contribution is 5.92. The minimum Gasteiger partial charge on any atom is -0.453 e. The molecule has 284 valence electrons. The van der Waals surface area contributed by atoms with E-state index in [2.05, 4.69) is 41.7 Å². The van der Waals surface area contributed by atoms with Gasteiger partial charge in [-0.2, -0.15) is 0 Å². The number of rotatable bonds is 13. The summed E-state index contributed by atoms with van der Waals surface area (Å²) in [5.41, 5.74) is 4.12. The van der Waals surface area contributed by atoms with Gasteiger partial charge in [0.05, 0.1) is 49.7 Å². The Morgan fingerprint density at radius 3 is 2.43 bits per heavy atom. The lowest BCUT2D eigenvalue weighted by molar-refractivity contribution is -0.135. The van der Waals surface area contributed by atoms with E-state index in [0.717, 1.165) is 47.1 Å². The third-order valence-electron chi connectivity index (χ3n) is 9.66. The second kappa shape index (κ2) is 16.8. The highest BCUT2D eigenvalue weighted by Crippen LogP contribution is 2.35. The van der Waals surface area contributed by atoms with Crippen LogP contribution in [0.3, 0.4) is 0 Å². The molecule has 5 N–H and O–H groups in total. The molecule has 4 amide bonds. The summed E-state index contributed by atoms with van der Waals surface area (Å²) >= 11 is 0. The van der Waals surface area contributed by atoms with Crippen molar-refractivity contribution in [3.05, 3.63) is 72.2 Å². The Morgan fingerprint density at radius 1 is 0.944 bits per heavy atom. The first-order valence-electron chi connectivity index (χ1n) is 18.1. The molecule has 5 aromatic rings.